The number of hydrogen-bond donors (Lipinski definition) is 1. The number of nitrogens with one attached hydrogen (secondary N) is 1. The Bertz CT molecular complexity index is 1130. The lowest BCUT2D eigenvalue weighted by molar-refractivity contribution is -0.130. The number of carbonyl (C=O) groups is 1. The maximum atomic E-state index is 14.4. The maximum Gasteiger partial charge on any atom is 0.230 e. The lowest BCUT2D eigenvalue weighted by atomic mass is 9.62. The summed E-state index contributed by atoms with van der Waals surface area (Å²) in [6, 6.07) is 15.7. The molecule has 0 aromatic heterocycles. The second kappa shape index (κ2) is 9.66. The number of allylic oxidation sites excluding steroid dienone is 1. The summed E-state index contributed by atoms with van der Waals surface area (Å²) >= 11 is 0. The molecule has 172 valence electrons. The number of benzene rings is 2. The van der Waals surface area contributed by atoms with E-state index in [4.69, 9.17) is 0 Å². The van der Waals surface area contributed by atoms with Crippen LogP contribution in [-0.2, 0) is 4.79 Å². The topological polar surface area (TPSA) is 77.6 Å². The highest BCUT2D eigenvalue weighted by molar-refractivity contribution is 5.97. The number of para-hydroxylation sites is 1. The molecule has 0 bridgehead atoms. The Balaban J connectivity index is 1.89. The van der Waals surface area contributed by atoms with Gasteiger partial charge in [-0.05, 0) is 54.4 Å². The molecule has 1 fully saturated rings. The fourth-order valence-electron chi connectivity index (χ4n) is 5.13. The summed E-state index contributed by atoms with van der Waals surface area (Å²) in [5, 5.41) is 20.4. The zero-order valence-corrected chi connectivity index (χ0v) is 19.9. The van der Waals surface area contributed by atoms with Crippen molar-refractivity contribution < 1.29 is 9.18 Å². The van der Waals surface area contributed by atoms with Crippen LogP contribution in [0.3, 0.4) is 0 Å². The monoisotopic (exact) mass is 446 g/mol. The molecule has 2 unspecified atom stereocenters. The average Bonchev–Trinajstić information content (AvgIpc) is 3.04. The van der Waals surface area contributed by atoms with E-state index in [0.717, 1.165) is 6.42 Å². The molecule has 1 N–H and O–H groups in total. The molecule has 3 atom stereocenters. The molecule has 6 heteroatoms. The third-order valence-corrected chi connectivity index (χ3v) is 7.51. The number of hydrogen-bond acceptors (Lipinski definition) is 4. The van der Waals surface area contributed by atoms with Gasteiger partial charge in [-0.1, -0.05) is 58.0 Å². The van der Waals surface area contributed by atoms with Crippen molar-refractivity contribution in [3.8, 4) is 6.07 Å². The van der Waals surface area contributed by atoms with E-state index in [1.807, 2.05) is 13.0 Å². The highest BCUT2D eigenvalue weighted by Crippen LogP contribution is 2.59. The van der Waals surface area contributed by atoms with Gasteiger partial charge in [0.15, 0.2) is 0 Å². The zero-order chi connectivity index (χ0) is 24.2. The molecule has 3 rings (SSSR count). The van der Waals surface area contributed by atoms with Gasteiger partial charge in [0.25, 0.3) is 0 Å². The summed E-state index contributed by atoms with van der Waals surface area (Å²) in [5.74, 6) is -0.208. The fraction of sp³-hybridized carbons (Fsp3) is 0.407. The van der Waals surface area contributed by atoms with E-state index < -0.39 is 5.41 Å². The zero-order valence-electron chi connectivity index (χ0n) is 19.9. The van der Waals surface area contributed by atoms with E-state index in [1.54, 1.807) is 49.5 Å². The summed E-state index contributed by atoms with van der Waals surface area (Å²) in [5.41, 5.74) is 0.908. The molecule has 1 aliphatic rings. The van der Waals surface area contributed by atoms with Crippen molar-refractivity contribution in [2.24, 2.45) is 32.9 Å². The van der Waals surface area contributed by atoms with Crippen molar-refractivity contribution in [1.82, 2.24) is 0 Å². The van der Waals surface area contributed by atoms with Crippen molar-refractivity contribution in [1.29, 1.82) is 5.26 Å². The Morgan fingerprint density at radius 2 is 1.88 bits per heavy atom. The Labute approximate surface area is 195 Å². The van der Waals surface area contributed by atoms with Crippen LogP contribution in [0.4, 0.5) is 10.1 Å². The third-order valence-electron chi connectivity index (χ3n) is 7.51. The molecule has 0 aliphatic heterocycles. The normalized spacial score (nSPS) is 23.3. The summed E-state index contributed by atoms with van der Waals surface area (Å²) in [7, 11) is 1.57. The number of amides is 1. The van der Waals surface area contributed by atoms with Crippen LogP contribution >= 0.6 is 0 Å². The van der Waals surface area contributed by atoms with Gasteiger partial charge in [-0.2, -0.15) is 15.5 Å². The third kappa shape index (κ3) is 4.59. The van der Waals surface area contributed by atoms with Crippen LogP contribution < -0.4 is 5.32 Å². The molecule has 0 radical (unpaired) electrons. The van der Waals surface area contributed by atoms with Gasteiger partial charge in [-0.3, -0.25) is 4.79 Å². The number of azo groups is 1. The van der Waals surface area contributed by atoms with E-state index in [0.29, 0.717) is 28.9 Å². The first kappa shape index (κ1) is 24.3. The molecule has 2 aromatic carbocycles. The van der Waals surface area contributed by atoms with Gasteiger partial charge in [-0.25, -0.2) is 4.39 Å². The number of rotatable bonds is 6. The fourth-order valence-corrected chi connectivity index (χ4v) is 5.13. The van der Waals surface area contributed by atoms with E-state index in [1.165, 1.54) is 6.07 Å². The molecule has 0 spiro atoms. The molecule has 1 saturated carbocycles. The second-order valence-corrected chi connectivity index (χ2v) is 9.50. The number of halogens is 1. The van der Waals surface area contributed by atoms with Gasteiger partial charge in [0, 0.05) is 12.6 Å². The van der Waals surface area contributed by atoms with Crippen LogP contribution in [0.1, 0.15) is 51.7 Å². The van der Waals surface area contributed by atoms with Crippen LogP contribution in [-0.4, -0.2) is 13.0 Å². The lowest BCUT2D eigenvalue weighted by Gasteiger charge is -2.42. The number of carbonyl (C=O) groups excluding carboxylic acids is 1. The minimum absolute atomic E-state index is 0.0427. The summed E-state index contributed by atoms with van der Waals surface area (Å²) < 4.78 is 14.4. The first-order valence-corrected chi connectivity index (χ1v) is 11.2. The van der Waals surface area contributed by atoms with Crippen molar-refractivity contribution in [2.45, 2.75) is 40.5 Å². The van der Waals surface area contributed by atoms with Crippen molar-refractivity contribution >= 4 is 17.3 Å². The van der Waals surface area contributed by atoms with E-state index in [9.17, 15) is 14.4 Å². The van der Waals surface area contributed by atoms with Gasteiger partial charge in [0.1, 0.15) is 11.9 Å². The number of anilines is 1. The largest absolute Gasteiger partial charge is 0.324 e. The highest BCUT2D eigenvalue weighted by atomic mass is 19.1. The Morgan fingerprint density at radius 3 is 2.55 bits per heavy atom. The van der Waals surface area contributed by atoms with Crippen LogP contribution in [0, 0.1) is 39.8 Å². The van der Waals surface area contributed by atoms with Crippen LogP contribution in [0.25, 0.3) is 5.70 Å². The minimum atomic E-state index is -0.632. The van der Waals surface area contributed by atoms with E-state index in [-0.39, 0.29) is 29.0 Å². The Kier molecular flexibility index (Phi) is 7.12. The molecular formula is C27H31FN4O. The Morgan fingerprint density at radius 1 is 1.21 bits per heavy atom. The van der Waals surface area contributed by atoms with Gasteiger partial charge < -0.3 is 5.32 Å². The molecule has 33 heavy (non-hydrogen) atoms. The molecule has 0 saturated heterocycles. The molecule has 0 heterocycles. The first-order valence-electron chi connectivity index (χ1n) is 11.2. The van der Waals surface area contributed by atoms with Crippen LogP contribution in [0.2, 0.25) is 0 Å². The predicted octanol–water partition coefficient (Wildman–Crippen LogP) is 6.84. The van der Waals surface area contributed by atoms with Crippen LogP contribution in [0.5, 0.6) is 0 Å². The maximum absolute atomic E-state index is 14.4. The smallest absolute Gasteiger partial charge is 0.230 e. The molecule has 2 aromatic rings. The first-order chi connectivity index (χ1) is 15.7. The van der Waals surface area contributed by atoms with Gasteiger partial charge in [0.2, 0.25) is 5.91 Å². The number of nitriles is 1. The second-order valence-electron chi connectivity index (χ2n) is 9.50. The molecule has 1 aliphatic carbocycles. The quantitative estimate of drug-likeness (QED) is 0.493. The highest BCUT2D eigenvalue weighted by Gasteiger charge is 2.56. The van der Waals surface area contributed by atoms with Crippen molar-refractivity contribution in [3.05, 3.63) is 71.6 Å². The summed E-state index contributed by atoms with van der Waals surface area (Å²) in [6.07, 6.45) is 3.53. The van der Waals surface area contributed by atoms with Crippen LogP contribution in [0.15, 0.2) is 64.8 Å². The standard InChI is InChI=1S/C27H31FN4O/c1-18(16-24(32-30-5)20-11-7-8-12-22(20)28)21-14-15-27(4,26(21,2)3)25(33)31-23-13-9-6-10-19(23)17-29/h6-13,16,18,21H,14-15H2,1-5H3,(H,31,33)/b24-16-,32-30?/t18?,21-,27?/m0/s1. The van der Waals surface area contributed by atoms with Crippen molar-refractivity contribution in [2.75, 3.05) is 12.4 Å². The predicted molar refractivity (Wildman–Crippen MR) is 129 cm³/mol. The van der Waals surface area contributed by atoms with Gasteiger partial charge in [0.05, 0.1) is 22.4 Å². The SMILES string of the molecule is CN=N/C(=C\C(C)[C@@H]1CCC(C)(C(=O)Nc2ccccc2C#N)C1(C)C)c1ccccc1F. The molecule has 5 nitrogen and oxygen atoms in total. The average molecular weight is 447 g/mol. The number of nitrogens with zero attached hydrogens (tertiary/aromatic N) is 3. The van der Waals surface area contributed by atoms with Crippen molar-refractivity contribution in [3.63, 3.8) is 0 Å². The van der Waals surface area contributed by atoms with E-state index in [2.05, 4.69) is 42.4 Å². The summed E-state index contributed by atoms with van der Waals surface area (Å²) in [4.78, 5) is 13.5. The van der Waals surface area contributed by atoms with Gasteiger partial charge >= 0.3 is 0 Å². The summed E-state index contributed by atoms with van der Waals surface area (Å²) in [6.45, 7) is 8.33. The molecule has 1 amide bonds. The minimum Gasteiger partial charge on any atom is -0.324 e. The van der Waals surface area contributed by atoms with E-state index >= 15 is 0 Å². The molecular weight excluding hydrogens is 415 g/mol. The lowest BCUT2D eigenvalue weighted by Crippen LogP contribution is -2.45. The Hall–Kier alpha value is -3.33. The van der Waals surface area contributed by atoms with Gasteiger partial charge in [-0.15, -0.1) is 0 Å².